The molecule has 4 aromatic rings. The van der Waals surface area contributed by atoms with Gasteiger partial charge in [-0.2, -0.15) is 22.0 Å². The molecule has 2 N–H and O–H groups in total. The molecule has 0 saturated heterocycles. The number of rotatable bonds is 6. The van der Waals surface area contributed by atoms with Gasteiger partial charge in [-0.05, 0) is 50.6 Å². The Morgan fingerprint density at radius 2 is 1.77 bits per heavy atom. The van der Waals surface area contributed by atoms with Crippen LogP contribution in [0.1, 0.15) is 79.7 Å². The van der Waals surface area contributed by atoms with Gasteiger partial charge in [0.15, 0.2) is 11.4 Å². The van der Waals surface area contributed by atoms with Crippen LogP contribution in [0.3, 0.4) is 0 Å². The second kappa shape index (κ2) is 10.8. The van der Waals surface area contributed by atoms with Gasteiger partial charge in [0.25, 0.3) is 5.91 Å². The first kappa shape index (κ1) is 32.7. The number of amides is 1. The molecule has 10 nitrogen and oxygen atoms in total. The lowest BCUT2D eigenvalue weighted by Crippen LogP contribution is -2.69. The van der Waals surface area contributed by atoms with Gasteiger partial charge in [-0.3, -0.25) is 4.79 Å². The van der Waals surface area contributed by atoms with Crippen LogP contribution in [-0.4, -0.2) is 70.2 Å². The zero-order valence-electron chi connectivity index (χ0n) is 26.2. The van der Waals surface area contributed by atoms with E-state index in [1.54, 1.807) is 50.9 Å². The summed E-state index contributed by atoms with van der Waals surface area (Å²) in [5.74, 6) is 0.138. The number of carbonyl (C=O) groups excluding carboxylic acids is 1. The highest BCUT2D eigenvalue weighted by atomic mass is 32.2. The quantitative estimate of drug-likeness (QED) is 0.199. The molecule has 2 aromatic heterocycles. The molecule has 3 atom stereocenters. The molecule has 1 saturated carbocycles. The van der Waals surface area contributed by atoms with Crippen molar-refractivity contribution < 1.29 is 41.1 Å². The molecule has 4 heterocycles. The molecule has 16 heteroatoms. The Morgan fingerprint density at radius 3 is 2.40 bits per heavy atom. The number of nitrogens with one attached hydrogen (secondary N) is 1. The fourth-order valence-electron chi connectivity index (χ4n) is 6.94. The fourth-order valence-corrected chi connectivity index (χ4v) is 7.83. The van der Waals surface area contributed by atoms with Gasteiger partial charge in [-0.1, -0.05) is 12.1 Å². The van der Waals surface area contributed by atoms with Crippen LogP contribution in [0.25, 0.3) is 22.2 Å². The van der Waals surface area contributed by atoms with Crippen LogP contribution in [0.2, 0.25) is 0 Å². The molecule has 1 unspecified atom stereocenters. The highest BCUT2D eigenvalue weighted by Gasteiger charge is 2.70. The van der Waals surface area contributed by atoms with Crippen LogP contribution in [0.4, 0.5) is 22.0 Å². The van der Waals surface area contributed by atoms with Crippen molar-refractivity contribution >= 4 is 28.3 Å². The molecule has 48 heavy (non-hydrogen) atoms. The Balaban J connectivity index is 1.27. The van der Waals surface area contributed by atoms with Gasteiger partial charge in [-0.15, -0.1) is 4.72 Å². The van der Waals surface area contributed by atoms with Crippen molar-refractivity contribution in [3.8, 4) is 16.9 Å². The van der Waals surface area contributed by atoms with Crippen molar-refractivity contribution in [3.63, 3.8) is 0 Å². The average molecular weight is 691 g/mol. The molecular formula is C32H31F5N6O4S. The first-order chi connectivity index (χ1) is 22.4. The van der Waals surface area contributed by atoms with E-state index in [0.717, 1.165) is 0 Å². The summed E-state index contributed by atoms with van der Waals surface area (Å²) in [7, 11) is 1.65. The third-order valence-electron chi connectivity index (χ3n) is 9.38. The molecule has 7 rings (SSSR count). The van der Waals surface area contributed by atoms with E-state index in [9.17, 15) is 36.4 Å². The van der Waals surface area contributed by atoms with Crippen LogP contribution in [-0.2, 0) is 16.9 Å². The number of ether oxygens (including phenoxy) is 1. The highest BCUT2D eigenvalue weighted by molar-refractivity contribution is 7.90. The predicted octanol–water partition coefficient (Wildman–Crippen LogP) is 5.55. The number of alkyl halides is 5. The maximum Gasteiger partial charge on any atom is 0.417 e. The van der Waals surface area contributed by atoms with E-state index >= 15 is 0 Å². The predicted molar refractivity (Wildman–Crippen MR) is 164 cm³/mol. The number of halogens is 5. The summed E-state index contributed by atoms with van der Waals surface area (Å²) < 4.78 is 89.5. The molecule has 1 aliphatic carbocycles. The topological polar surface area (TPSA) is 128 Å². The lowest BCUT2D eigenvalue weighted by molar-refractivity contribution is -0.306. The zero-order valence-corrected chi connectivity index (χ0v) is 27.0. The van der Waals surface area contributed by atoms with Crippen molar-refractivity contribution in [3.05, 3.63) is 71.6 Å². The Kier molecular flexibility index (Phi) is 7.37. The molecule has 0 spiro atoms. The SMILES string of the molecule is CN1C(=O)c2cccc(OC(F)F)c2[C@H]2C[C@@H]1c1nc3ccc(-c4cnc(C5(N[S+]([O-])C(C)(C)C)CC(O)(C(F)(F)F)C5)nc4)cc3n12. The minimum absolute atomic E-state index is 0.0370. The molecule has 2 aromatic carbocycles. The smallest absolute Gasteiger partial charge is 0.417 e. The van der Waals surface area contributed by atoms with Crippen LogP contribution in [0.15, 0.2) is 48.8 Å². The Hall–Kier alpha value is -3.86. The maximum atomic E-state index is 13.6. The standard InChI is InChI=1S/C32H31F5N6O4S/c1-29(2,3)48(46)41-30(14-31(45,15-30)32(35,36)37)27-38-12-17(13-39-27)16-8-9-19-20(10-16)43-21-11-22(25(43)40-19)42(4)26(44)18-6-5-7-23(24(18)21)47-28(33)34/h5-10,12-13,21-22,28,41,45H,11,14-15H2,1-4H3/t21-,22-,30?,31?,48?/m1/s1. The minimum atomic E-state index is -4.89. The third kappa shape index (κ3) is 5.02. The minimum Gasteiger partial charge on any atom is -0.598 e. The first-order valence-electron chi connectivity index (χ1n) is 15.1. The van der Waals surface area contributed by atoms with Gasteiger partial charge in [0.05, 0.1) is 23.1 Å². The van der Waals surface area contributed by atoms with Crippen LogP contribution in [0, 0.1) is 0 Å². The summed E-state index contributed by atoms with van der Waals surface area (Å²) in [6.07, 6.45) is -3.23. The first-order valence-corrected chi connectivity index (χ1v) is 16.3. The number of hydrogen-bond donors (Lipinski definition) is 2. The van der Waals surface area contributed by atoms with E-state index in [1.807, 2.05) is 10.6 Å². The van der Waals surface area contributed by atoms with Crippen molar-refractivity contribution in [1.29, 1.82) is 0 Å². The number of hydrogen-bond acceptors (Lipinski definition) is 8. The van der Waals surface area contributed by atoms with E-state index < -0.39 is 65.0 Å². The monoisotopic (exact) mass is 690 g/mol. The van der Waals surface area contributed by atoms with E-state index in [1.165, 1.54) is 24.5 Å². The van der Waals surface area contributed by atoms with Crippen molar-refractivity contribution in [2.24, 2.45) is 0 Å². The van der Waals surface area contributed by atoms with Gasteiger partial charge >= 0.3 is 12.8 Å². The Morgan fingerprint density at radius 1 is 1.08 bits per heavy atom. The molecule has 3 aliphatic rings. The van der Waals surface area contributed by atoms with Gasteiger partial charge in [0.1, 0.15) is 21.9 Å². The maximum absolute atomic E-state index is 13.6. The summed E-state index contributed by atoms with van der Waals surface area (Å²) in [4.78, 5) is 28.5. The highest BCUT2D eigenvalue weighted by Crippen LogP contribution is 2.55. The number of nitrogens with zero attached hydrogens (tertiary/aromatic N) is 5. The lowest BCUT2D eigenvalue weighted by atomic mass is 9.64. The molecule has 2 bridgehead atoms. The number of benzene rings is 2. The largest absolute Gasteiger partial charge is 0.598 e. The number of aliphatic hydroxyl groups is 1. The van der Waals surface area contributed by atoms with E-state index in [2.05, 4.69) is 14.7 Å². The summed E-state index contributed by atoms with van der Waals surface area (Å²) in [6.45, 7) is 1.91. The molecule has 254 valence electrons. The van der Waals surface area contributed by atoms with Crippen LogP contribution in [0.5, 0.6) is 5.75 Å². The van der Waals surface area contributed by atoms with Crippen LogP contribution < -0.4 is 9.46 Å². The Labute approximate surface area is 274 Å². The fraction of sp³-hybridized carbons (Fsp3) is 0.438. The molecule has 0 radical (unpaired) electrons. The van der Waals surface area contributed by atoms with Crippen molar-refractivity contribution in [2.45, 2.75) is 80.8 Å². The number of imidazole rings is 1. The molecule has 1 fully saturated rings. The Bertz CT molecular complexity index is 1920. The van der Waals surface area contributed by atoms with E-state index in [-0.39, 0.29) is 23.0 Å². The molecule has 2 aliphatic heterocycles. The number of carbonyl (C=O) groups is 1. The number of aromatic nitrogens is 4. The van der Waals surface area contributed by atoms with E-state index in [4.69, 9.17) is 9.72 Å². The third-order valence-corrected chi connectivity index (χ3v) is 11.1. The van der Waals surface area contributed by atoms with Gasteiger partial charge in [-0.25, -0.2) is 15.0 Å². The molecule has 1 amide bonds. The summed E-state index contributed by atoms with van der Waals surface area (Å²) in [5, 5.41) is 10.3. The van der Waals surface area contributed by atoms with Gasteiger partial charge in [0, 0.05) is 66.8 Å². The summed E-state index contributed by atoms with van der Waals surface area (Å²) in [6, 6.07) is 8.91. The van der Waals surface area contributed by atoms with Gasteiger partial charge in [0.2, 0.25) is 0 Å². The second-order valence-corrected chi connectivity index (χ2v) is 15.5. The second-order valence-electron chi connectivity index (χ2n) is 13.6. The van der Waals surface area contributed by atoms with Crippen molar-refractivity contribution in [2.75, 3.05) is 7.05 Å². The lowest BCUT2D eigenvalue weighted by Gasteiger charge is -2.52. The summed E-state index contributed by atoms with van der Waals surface area (Å²) in [5.41, 5.74) is -1.54. The summed E-state index contributed by atoms with van der Waals surface area (Å²) >= 11 is -1.79. The average Bonchev–Trinajstić information content (AvgIpc) is 3.52. The van der Waals surface area contributed by atoms with Crippen molar-refractivity contribution in [1.82, 2.24) is 29.1 Å². The van der Waals surface area contributed by atoms with Crippen LogP contribution >= 0.6 is 0 Å². The number of fused-ring (bicyclic) bond motifs is 9. The van der Waals surface area contributed by atoms with Gasteiger partial charge < -0.3 is 23.9 Å². The molecular weight excluding hydrogens is 659 g/mol. The zero-order chi connectivity index (χ0) is 34.6. The van der Waals surface area contributed by atoms with E-state index in [0.29, 0.717) is 40.0 Å². The normalized spacial score (nSPS) is 25.9.